The van der Waals surface area contributed by atoms with Crippen molar-refractivity contribution < 1.29 is 24.5 Å². The van der Waals surface area contributed by atoms with Gasteiger partial charge in [0.25, 0.3) is 0 Å². The first-order valence-electron chi connectivity index (χ1n) is 4.62. The van der Waals surface area contributed by atoms with Crippen LogP contribution in [0, 0.1) is 0 Å². The third kappa shape index (κ3) is 6.24. The third-order valence-electron chi connectivity index (χ3n) is 1.71. The summed E-state index contributed by atoms with van der Waals surface area (Å²) in [6.07, 6.45) is 1.39. The van der Waals surface area contributed by atoms with Crippen molar-refractivity contribution in [1.82, 2.24) is 0 Å². The summed E-state index contributed by atoms with van der Waals surface area (Å²) >= 11 is 2.76. The molecule has 0 rings (SSSR count). The van der Waals surface area contributed by atoms with Gasteiger partial charge in [-0.05, 0) is 18.3 Å². The van der Waals surface area contributed by atoms with Crippen molar-refractivity contribution in [2.24, 2.45) is 0 Å². The fraction of sp³-hybridized carbons (Fsp3) is 0.778. The molecule has 7 heteroatoms. The van der Waals surface area contributed by atoms with Crippen LogP contribution in [-0.2, 0) is 14.3 Å². The van der Waals surface area contributed by atoms with E-state index in [9.17, 15) is 14.7 Å². The van der Waals surface area contributed by atoms with E-state index in [1.807, 2.05) is 6.26 Å². The molecule has 0 aromatic rings. The van der Waals surface area contributed by atoms with Crippen molar-refractivity contribution in [2.45, 2.75) is 18.6 Å². The molecular weight excluding hydrogens is 252 g/mol. The van der Waals surface area contributed by atoms with E-state index < -0.39 is 24.1 Å². The Hall–Kier alpha value is -0.400. The van der Waals surface area contributed by atoms with Crippen LogP contribution in [0.5, 0.6) is 0 Å². The number of hydrogen-bond acceptors (Lipinski definition) is 6. The fourth-order valence-electron chi connectivity index (χ4n) is 0.902. The molecule has 0 amide bonds. The number of carbonyl (C=O) groups is 2. The maximum Gasteiger partial charge on any atom is 0.345 e. The number of aliphatic hydroxyl groups is 1. The Labute approximate surface area is 103 Å². The van der Waals surface area contributed by atoms with E-state index in [1.165, 1.54) is 23.5 Å². The molecule has 0 saturated carbocycles. The molecule has 16 heavy (non-hydrogen) atoms. The van der Waals surface area contributed by atoms with Crippen molar-refractivity contribution in [3.05, 3.63) is 0 Å². The van der Waals surface area contributed by atoms with Crippen molar-refractivity contribution in [2.75, 3.05) is 24.0 Å². The van der Waals surface area contributed by atoms with Gasteiger partial charge in [-0.2, -0.15) is 23.5 Å². The minimum absolute atomic E-state index is 0.202. The summed E-state index contributed by atoms with van der Waals surface area (Å²) in [7, 11) is 0. The zero-order valence-corrected chi connectivity index (χ0v) is 10.8. The first-order chi connectivity index (χ1) is 7.52. The maximum absolute atomic E-state index is 11.3. The number of carboxylic acids is 1. The van der Waals surface area contributed by atoms with Gasteiger partial charge >= 0.3 is 11.9 Å². The summed E-state index contributed by atoms with van der Waals surface area (Å²) in [5.74, 6) is -1.27. The second-order valence-electron chi connectivity index (χ2n) is 3.02. The van der Waals surface area contributed by atoms with Gasteiger partial charge < -0.3 is 14.9 Å². The SMILES string of the molecule is CSCCC(OC(=O)C(O)CSC)C(=O)O. The zero-order chi connectivity index (χ0) is 12.6. The average molecular weight is 268 g/mol. The zero-order valence-electron chi connectivity index (χ0n) is 9.21. The van der Waals surface area contributed by atoms with Gasteiger partial charge in [-0.15, -0.1) is 0 Å². The molecule has 2 unspecified atom stereocenters. The van der Waals surface area contributed by atoms with Crippen LogP contribution in [0.2, 0.25) is 0 Å². The monoisotopic (exact) mass is 268 g/mol. The van der Waals surface area contributed by atoms with Gasteiger partial charge in [-0.25, -0.2) is 9.59 Å². The summed E-state index contributed by atoms with van der Waals surface area (Å²) in [5.41, 5.74) is 0. The molecule has 0 aliphatic carbocycles. The Bertz CT molecular complexity index is 234. The van der Waals surface area contributed by atoms with Crippen molar-refractivity contribution in [3.8, 4) is 0 Å². The second kappa shape index (κ2) is 8.72. The predicted octanol–water partition coefficient (Wildman–Crippen LogP) is 0.460. The molecule has 0 spiro atoms. The minimum Gasteiger partial charge on any atom is -0.479 e. The number of hydrogen-bond donors (Lipinski definition) is 2. The summed E-state index contributed by atoms with van der Waals surface area (Å²) in [6, 6.07) is 0. The van der Waals surface area contributed by atoms with Gasteiger partial charge in [-0.3, -0.25) is 0 Å². The molecule has 0 heterocycles. The highest BCUT2D eigenvalue weighted by Gasteiger charge is 2.25. The van der Waals surface area contributed by atoms with E-state index in [2.05, 4.69) is 0 Å². The summed E-state index contributed by atoms with van der Waals surface area (Å²) < 4.78 is 4.71. The molecule has 0 fully saturated rings. The van der Waals surface area contributed by atoms with E-state index in [4.69, 9.17) is 9.84 Å². The van der Waals surface area contributed by atoms with Gasteiger partial charge in [-0.1, -0.05) is 0 Å². The van der Waals surface area contributed by atoms with Gasteiger partial charge in [0.15, 0.2) is 12.2 Å². The van der Waals surface area contributed by atoms with Crippen LogP contribution < -0.4 is 0 Å². The first kappa shape index (κ1) is 15.6. The lowest BCUT2D eigenvalue weighted by Gasteiger charge is -2.15. The lowest BCUT2D eigenvalue weighted by Crippen LogP contribution is -2.34. The Morgan fingerprint density at radius 3 is 2.38 bits per heavy atom. The number of carboxylic acid groups (broad SMARTS) is 1. The van der Waals surface area contributed by atoms with Gasteiger partial charge in [0.2, 0.25) is 0 Å². The van der Waals surface area contributed by atoms with E-state index in [0.29, 0.717) is 5.75 Å². The summed E-state index contributed by atoms with van der Waals surface area (Å²) in [6.45, 7) is 0. The van der Waals surface area contributed by atoms with E-state index in [-0.39, 0.29) is 12.2 Å². The maximum atomic E-state index is 11.3. The van der Waals surface area contributed by atoms with Crippen LogP contribution in [0.3, 0.4) is 0 Å². The van der Waals surface area contributed by atoms with E-state index in [0.717, 1.165) is 0 Å². The molecule has 0 radical (unpaired) electrons. The Morgan fingerprint density at radius 2 is 1.94 bits per heavy atom. The fourth-order valence-corrected chi connectivity index (χ4v) is 1.80. The van der Waals surface area contributed by atoms with Crippen LogP contribution in [-0.4, -0.2) is 58.4 Å². The lowest BCUT2D eigenvalue weighted by molar-refractivity contribution is -0.169. The molecule has 5 nitrogen and oxygen atoms in total. The first-order valence-corrected chi connectivity index (χ1v) is 7.41. The molecule has 0 aromatic carbocycles. The topological polar surface area (TPSA) is 83.8 Å². The van der Waals surface area contributed by atoms with Crippen LogP contribution in [0.15, 0.2) is 0 Å². The van der Waals surface area contributed by atoms with Crippen LogP contribution in [0.25, 0.3) is 0 Å². The van der Waals surface area contributed by atoms with Crippen LogP contribution in [0.1, 0.15) is 6.42 Å². The highest BCUT2D eigenvalue weighted by atomic mass is 32.2. The smallest absolute Gasteiger partial charge is 0.345 e. The highest BCUT2D eigenvalue weighted by Crippen LogP contribution is 2.08. The van der Waals surface area contributed by atoms with Gasteiger partial charge in [0.05, 0.1) is 0 Å². The van der Waals surface area contributed by atoms with Crippen molar-refractivity contribution in [1.29, 1.82) is 0 Å². The molecule has 2 atom stereocenters. The molecule has 2 N–H and O–H groups in total. The normalized spacial score (nSPS) is 14.2. The molecular formula is C9H16O5S2. The Kier molecular flexibility index (Phi) is 8.50. The lowest BCUT2D eigenvalue weighted by atomic mass is 10.3. The Morgan fingerprint density at radius 1 is 1.31 bits per heavy atom. The molecule has 0 aliphatic rings. The van der Waals surface area contributed by atoms with E-state index in [1.54, 1.807) is 6.26 Å². The number of rotatable bonds is 8. The van der Waals surface area contributed by atoms with Gasteiger partial charge in [0.1, 0.15) is 0 Å². The largest absolute Gasteiger partial charge is 0.479 e. The van der Waals surface area contributed by atoms with E-state index >= 15 is 0 Å². The second-order valence-corrected chi connectivity index (χ2v) is 4.91. The van der Waals surface area contributed by atoms with Gasteiger partial charge in [0, 0.05) is 12.2 Å². The number of aliphatic hydroxyl groups excluding tert-OH is 1. The molecule has 0 aromatic heterocycles. The number of carbonyl (C=O) groups excluding carboxylic acids is 1. The number of aliphatic carboxylic acids is 1. The molecule has 94 valence electrons. The molecule has 0 saturated heterocycles. The third-order valence-corrected chi connectivity index (χ3v) is 3.01. The summed E-state index contributed by atoms with van der Waals surface area (Å²) in [5, 5.41) is 18.1. The standard InChI is InChI=1S/C9H16O5S2/c1-15-4-3-7(8(11)12)14-9(13)6(10)5-16-2/h6-7,10H,3-5H2,1-2H3,(H,11,12). The number of thioether (sulfide) groups is 2. The minimum atomic E-state index is -1.26. The highest BCUT2D eigenvalue weighted by molar-refractivity contribution is 7.98. The Balaban J connectivity index is 4.17. The molecule has 0 bridgehead atoms. The van der Waals surface area contributed by atoms with Crippen molar-refractivity contribution >= 4 is 35.5 Å². The number of ether oxygens (including phenoxy) is 1. The number of esters is 1. The molecule has 0 aliphatic heterocycles. The predicted molar refractivity (Wildman–Crippen MR) is 64.9 cm³/mol. The average Bonchev–Trinajstić information content (AvgIpc) is 2.23. The van der Waals surface area contributed by atoms with Crippen molar-refractivity contribution in [3.63, 3.8) is 0 Å². The quantitative estimate of drug-likeness (QED) is 0.619. The summed E-state index contributed by atoms with van der Waals surface area (Å²) in [4.78, 5) is 22.0. The van der Waals surface area contributed by atoms with Crippen LogP contribution >= 0.6 is 23.5 Å². The van der Waals surface area contributed by atoms with Crippen LogP contribution in [0.4, 0.5) is 0 Å².